The lowest BCUT2D eigenvalue weighted by Gasteiger charge is -2.27. The number of carbonyl (C=O) groups excluding carboxylic acids is 4. The van der Waals surface area contributed by atoms with Gasteiger partial charge in [0.25, 0.3) is 11.1 Å². The Bertz CT molecular complexity index is 1060. The van der Waals surface area contributed by atoms with Gasteiger partial charge in [0.15, 0.2) is 0 Å². The van der Waals surface area contributed by atoms with Gasteiger partial charge >= 0.3 is 5.97 Å². The summed E-state index contributed by atoms with van der Waals surface area (Å²) in [5.74, 6) is -0.753. The lowest BCUT2D eigenvalue weighted by Crippen LogP contribution is -2.44. The maximum atomic E-state index is 12.7. The fourth-order valence-corrected chi connectivity index (χ4v) is 4.38. The summed E-state index contributed by atoms with van der Waals surface area (Å²) in [5, 5.41) is -0.444. The van der Waals surface area contributed by atoms with Gasteiger partial charge < -0.3 is 9.64 Å². The van der Waals surface area contributed by atoms with Crippen molar-refractivity contribution in [1.82, 2.24) is 9.80 Å². The minimum Gasteiger partial charge on any atom is -0.423 e. The molecule has 0 bridgehead atoms. The van der Waals surface area contributed by atoms with Crippen LogP contribution in [-0.2, 0) is 9.59 Å². The van der Waals surface area contributed by atoms with E-state index in [4.69, 9.17) is 4.74 Å². The van der Waals surface area contributed by atoms with E-state index < -0.39 is 17.1 Å². The molecule has 0 spiro atoms. The number of piperidine rings is 1. The molecule has 0 aliphatic carbocycles. The van der Waals surface area contributed by atoms with Crippen molar-refractivity contribution in [3.05, 3.63) is 70.6 Å². The van der Waals surface area contributed by atoms with Gasteiger partial charge in [0, 0.05) is 13.1 Å². The monoisotopic (exact) mass is 450 g/mol. The topological polar surface area (TPSA) is 84.0 Å². The number of likely N-dealkylation sites (tertiary alicyclic amines) is 1. The van der Waals surface area contributed by atoms with Gasteiger partial charge in [-0.2, -0.15) is 0 Å². The Hall–Kier alpha value is -3.39. The number of esters is 1. The van der Waals surface area contributed by atoms with Crippen molar-refractivity contribution in [1.29, 1.82) is 0 Å². The van der Waals surface area contributed by atoms with Gasteiger partial charge in [0.05, 0.1) is 10.5 Å². The number of benzene rings is 2. The summed E-state index contributed by atoms with van der Waals surface area (Å²) >= 11 is 0.820. The molecule has 0 atom stereocenters. The molecule has 2 aliphatic rings. The predicted octanol–water partition coefficient (Wildman–Crippen LogP) is 3.95. The number of hydrogen-bond donors (Lipinski definition) is 0. The fraction of sp³-hybridized carbons (Fsp3) is 0.250. The molecule has 0 aromatic heterocycles. The molecule has 0 N–H and O–H groups in total. The maximum absolute atomic E-state index is 12.7. The molecule has 4 rings (SSSR count). The number of rotatable bonds is 5. The highest BCUT2D eigenvalue weighted by atomic mass is 32.2. The number of carbonyl (C=O) groups is 4. The number of imide groups is 1. The van der Waals surface area contributed by atoms with Crippen LogP contribution in [-0.4, -0.2) is 52.5 Å². The molecule has 0 saturated carbocycles. The Morgan fingerprint density at radius 1 is 0.938 bits per heavy atom. The molecule has 2 heterocycles. The van der Waals surface area contributed by atoms with E-state index in [0.717, 1.165) is 35.9 Å². The zero-order valence-corrected chi connectivity index (χ0v) is 18.2. The molecule has 2 fully saturated rings. The summed E-state index contributed by atoms with van der Waals surface area (Å²) in [7, 11) is 0. The quantitative estimate of drug-likeness (QED) is 0.390. The van der Waals surface area contributed by atoms with Crippen molar-refractivity contribution < 1.29 is 23.9 Å². The first-order valence-corrected chi connectivity index (χ1v) is 11.2. The minimum absolute atomic E-state index is 0.196. The van der Waals surface area contributed by atoms with Gasteiger partial charge in [-0.15, -0.1) is 0 Å². The molecule has 2 saturated heterocycles. The Morgan fingerprint density at radius 2 is 1.62 bits per heavy atom. The van der Waals surface area contributed by atoms with Crippen LogP contribution in [0.5, 0.6) is 5.75 Å². The van der Waals surface area contributed by atoms with Crippen LogP contribution in [0.15, 0.2) is 59.5 Å². The molecule has 2 aliphatic heterocycles. The number of amides is 3. The summed E-state index contributed by atoms with van der Waals surface area (Å²) in [5.41, 5.74) is 1.13. The van der Waals surface area contributed by atoms with E-state index >= 15 is 0 Å². The highest BCUT2D eigenvalue weighted by Crippen LogP contribution is 2.32. The van der Waals surface area contributed by atoms with Crippen LogP contribution in [0.4, 0.5) is 4.79 Å². The van der Waals surface area contributed by atoms with Crippen LogP contribution in [0, 0.1) is 0 Å². The van der Waals surface area contributed by atoms with E-state index in [1.54, 1.807) is 59.5 Å². The zero-order valence-electron chi connectivity index (χ0n) is 17.4. The van der Waals surface area contributed by atoms with Gasteiger partial charge in [0.1, 0.15) is 12.3 Å². The minimum atomic E-state index is -0.468. The summed E-state index contributed by atoms with van der Waals surface area (Å²) in [6.07, 6.45) is 4.59. The molecule has 2 aromatic carbocycles. The first-order chi connectivity index (χ1) is 15.5. The zero-order chi connectivity index (χ0) is 22.5. The SMILES string of the molecule is O=C(Oc1ccc(/C=C2\SC(=O)N(CC(=O)N3CCCCC3)C2=O)cc1)c1ccccc1. The fourth-order valence-electron chi connectivity index (χ4n) is 3.54. The van der Waals surface area contributed by atoms with Crippen LogP contribution in [0.25, 0.3) is 6.08 Å². The van der Waals surface area contributed by atoms with Crippen LogP contribution in [0.1, 0.15) is 35.2 Å². The molecule has 164 valence electrons. The van der Waals surface area contributed by atoms with Gasteiger partial charge in [-0.1, -0.05) is 30.3 Å². The van der Waals surface area contributed by atoms with Crippen LogP contribution in [0.2, 0.25) is 0 Å². The molecule has 2 aromatic rings. The summed E-state index contributed by atoms with van der Waals surface area (Å²) in [6, 6.07) is 15.3. The van der Waals surface area contributed by atoms with E-state index in [0.29, 0.717) is 30.0 Å². The van der Waals surface area contributed by atoms with Crippen LogP contribution < -0.4 is 4.74 Å². The first-order valence-electron chi connectivity index (χ1n) is 10.4. The highest BCUT2D eigenvalue weighted by molar-refractivity contribution is 8.18. The Balaban J connectivity index is 1.39. The van der Waals surface area contributed by atoms with Crippen LogP contribution >= 0.6 is 11.8 Å². The average Bonchev–Trinajstić information content (AvgIpc) is 3.08. The van der Waals surface area contributed by atoms with Crippen molar-refractivity contribution in [2.45, 2.75) is 19.3 Å². The Kier molecular flexibility index (Phi) is 6.70. The Labute approximate surface area is 190 Å². The number of thioether (sulfide) groups is 1. The number of hydrogen-bond acceptors (Lipinski definition) is 6. The lowest BCUT2D eigenvalue weighted by molar-refractivity contribution is -0.136. The van der Waals surface area contributed by atoms with Gasteiger partial charge in [-0.3, -0.25) is 19.3 Å². The standard InChI is InChI=1S/C24H22N2O5S/c27-21(25-13-5-2-6-14-25)16-26-22(28)20(32-24(26)30)15-17-9-11-19(12-10-17)31-23(29)18-7-3-1-4-8-18/h1,3-4,7-12,15H,2,5-6,13-14,16H2/b20-15-. The van der Waals surface area contributed by atoms with Crippen molar-refractivity contribution >= 4 is 40.9 Å². The van der Waals surface area contributed by atoms with Crippen LogP contribution in [0.3, 0.4) is 0 Å². The first kappa shape index (κ1) is 21.8. The molecule has 0 radical (unpaired) electrons. The van der Waals surface area contributed by atoms with Gasteiger partial charge in [0.2, 0.25) is 5.91 Å². The molecule has 32 heavy (non-hydrogen) atoms. The third kappa shape index (κ3) is 5.08. The van der Waals surface area contributed by atoms with E-state index in [9.17, 15) is 19.2 Å². The van der Waals surface area contributed by atoms with Gasteiger partial charge in [-0.05, 0) is 66.9 Å². The van der Waals surface area contributed by atoms with E-state index in [2.05, 4.69) is 0 Å². The van der Waals surface area contributed by atoms with Gasteiger partial charge in [-0.25, -0.2) is 4.79 Å². The Morgan fingerprint density at radius 3 is 2.31 bits per heavy atom. The molecular weight excluding hydrogens is 428 g/mol. The lowest BCUT2D eigenvalue weighted by atomic mass is 10.1. The van der Waals surface area contributed by atoms with E-state index in [1.807, 2.05) is 6.07 Å². The smallest absolute Gasteiger partial charge is 0.343 e. The third-order valence-electron chi connectivity index (χ3n) is 5.27. The second kappa shape index (κ2) is 9.82. The second-order valence-electron chi connectivity index (χ2n) is 7.53. The van der Waals surface area contributed by atoms with Crippen molar-refractivity contribution in [3.8, 4) is 5.75 Å². The summed E-state index contributed by atoms with van der Waals surface area (Å²) in [4.78, 5) is 52.6. The second-order valence-corrected chi connectivity index (χ2v) is 8.53. The third-order valence-corrected chi connectivity index (χ3v) is 6.18. The molecule has 3 amide bonds. The summed E-state index contributed by atoms with van der Waals surface area (Å²) in [6.45, 7) is 1.12. The molecule has 7 nitrogen and oxygen atoms in total. The maximum Gasteiger partial charge on any atom is 0.343 e. The van der Waals surface area contributed by atoms with E-state index in [1.165, 1.54) is 0 Å². The largest absolute Gasteiger partial charge is 0.423 e. The average molecular weight is 451 g/mol. The van der Waals surface area contributed by atoms with Crippen molar-refractivity contribution in [3.63, 3.8) is 0 Å². The van der Waals surface area contributed by atoms with E-state index in [-0.39, 0.29) is 17.4 Å². The normalized spacial score (nSPS) is 17.7. The molecule has 0 unspecified atom stereocenters. The number of nitrogens with zero attached hydrogens (tertiary/aromatic N) is 2. The number of ether oxygens (including phenoxy) is 1. The molecular formula is C24H22N2O5S. The van der Waals surface area contributed by atoms with Crippen molar-refractivity contribution in [2.24, 2.45) is 0 Å². The predicted molar refractivity (Wildman–Crippen MR) is 121 cm³/mol. The van der Waals surface area contributed by atoms with Crippen molar-refractivity contribution in [2.75, 3.05) is 19.6 Å². The molecule has 8 heteroatoms. The highest BCUT2D eigenvalue weighted by Gasteiger charge is 2.37. The summed E-state index contributed by atoms with van der Waals surface area (Å²) < 4.78 is 5.35.